The zero-order valence-electron chi connectivity index (χ0n) is 17.2. The second-order valence-corrected chi connectivity index (χ2v) is 10.5. The first-order valence-electron chi connectivity index (χ1n) is 10.5. The van der Waals surface area contributed by atoms with E-state index >= 15 is 0 Å². The van der Waals surface area contributed by atoms with Gasteiger partial charge in [0.15, 0.2) is 22.6 Å². The molecular weight excluding hydrogens is 436 g/mol. The van der Waals surface area contributed by atoms with Gasteiger partial charge in [-0.2, -0.15) is 0 Å². The van der Waals surface area contributed by atoms with Crippen LogP contribution in [0.25, 0.3) is 10.9 Å². The Morgan fingerprint density at radius 1 is 1.10 bits per heavy atom. The fraction of sp³-hybridized carbons (Fsp3) is 0.348. The Bertz CT molecular complexity index is 1240. The lowest BCUT2D eigenvalue weighted by atomic mass is 9.99. The number of benzene rings is 2. The quantitative estimate of drug-likeness (QED) is 0.588. The number of halogens is 1. The Morgan fingerprint density at radius 3 is 2.52 bits per heavy atom. The highest BCUT2D eigenvalue weighted by Gasteiger charge is 2.32. The number of aromatic amines is 1. The predicted octanol–water partition coefficient (Wildman–Crippen LogP) is 4.15. The zero-order chi connectivity index (χ0) is 21.6. The highest BCUT2D eigenvalue weighted by molar-refractivity contribution is 7.91. The molecule has 3 heterocycles. The molecule has 1 atom stereocenters. The van der Waals surface area contributed by atoms with Crippen LogP contribution in [-0.2, 0) is 9.84 Å². The summed E-state index contributed by atoms with van der Waals surface area (Å²) >= 11 is 5.99. The predicted molar refractivity (Wildman–Crippen MR) is 119 cm³/mol. The van der Waals surface area contributed by atoms with Crippen LogP contribution in [0.4, 0.5) is 5.69 Å². The SMILES string of the molecule is C[C@@H]1CCCN(c2c(S(=O)(=O)c3ccc(Cl)cc3)c[nH+]c3cc4c(cc23)OCCO4)C1. The van der Waals surface area contributed by atoms with Gasteiger partial charge in [0.25, 0.3) is 0 Å². The van der Waals surface area contributed by atoms with E-state index in [0.717, 1.165) is 36.8 Å². The minimum absolute atomic E-state index is 0.216. The molecule has 2 aliphatic rings. The van der Waals surface area contributed by atoms with Gasteiger partial charge in [-0.3, -0.25) is 0 Å². The molecule has 5 rings (SSSR count). The maximum atomic E-state index is 13.7. The second kappa shape index (κ2) is 7.88. The highest BCUT2D eigenvalue weighted by atomic mass is 35.5. The van der Waals surface area contributed by atoms with Crippen LogP contribution in [0.5, 0.6) is 11.5 Å². The third kappa shape index (κ3) is 3.70. The summed E-state index contributed by atoms with van der Waals surface area (Å²) in [5.41, 5.74) is 1.53. The van der Waals surface area contributed by atoms with Gasteiger partial charge >= 0.3 is 0 Å². The van der Waals surface area contributed by atoms with Crippen LogP contribution in [0.1, 0.15) is 19.8 Å². The first kappa shape index (κ1) is 20.4. The molecule has 1 saturated heterocycles. The first-order valence-corrected chi connectivity index (χ1v) is 12.3. The van der Waals surface area contributed by atoms with Crippen LogP contribution in [0.3, 0.4) is 0 Å². The van der Waals surface area contributed by atoms with Crippen molar-refractivity contribution in [1.29, 1.82) is 0 Å². The number of hydrogen-bond acceptors (Lipinski definition) is 5. The van der Waals surface area contributed by atoms with Crippen molar-refractivity contribution in [2.45, 2.75) is 29.6 Å². The van der Waals surface area contributed by atoms with E-state index in [2.05, 4.69) is 16.8 Å². The van der Waals surface area contributed by atoms with Gasteiger partial charge in [0.1, 0.15) is 13.2 Å². The second-order valence-electron chi connectivity index (χ2n) is 8.19. The van der Waals surface area contributed by atoms with Gasteiger partial charge in [0, 0.05) is 24.2 Å². The topological polar surface area (TPSA) is 70.0 Å². The Kier molecular flexibility index (Phi) is 5.18. The Balaban J connectivity index is 1.75. The van der Waals surface area contributed by atoms with Gasteiger partial charge in [-0.25, -0.2) is 13.4 Å². The normalized spacial score (nSPS) is 18.9. The standard InChI is InChI=1S/C23H23ClN2O4S/c1-15-3-2-8-26(14-15)23-18-11-20-21(30-10-9-29-20)12-19(18)25-13-22(23)31(27,28)17-6-4-16(24)5-7-17/h4-7,11-13,15H,2-3,8-10,14H2,1H3/p+1/t15-/m1/s1. The number of H-pyrrole nitrogens is 1. The minimum atomic E-state index is -3.77. The van der Waals surface area contributed by atoms with Gasteiger partial charge in [0.2, 0.25) is 15.4 Å². The molecule has 0 aliphatic carbocycles. The van der Waals surface area contributed by atoms with Crippen molar-refractivity contribution in [3.63, 3.8) is 0 Å². The van der Waals surface area contributed by atoms with Gasteiger partial charge in [-0.1, -0.05) is 18.5 Å². The summed E-state index contributed by atoms with van der Waals surface area (Å²) in [7, 11) is -3.77. The van der Waals surface area contributed by atoms with Gasteiger partial charge < -0.3 is 14.4 Å². The van der Waals surface area contributed by atoms with E-state index in [9.17, 15) is 8.42 Å². The van der Waals surface area contributed by atoms with E-state index in [-0.39, 0.29) is 9.79 Å². The average Bonchev–Trinajstić information content (AvgIpc) is 2.77. The monoisotopic (exact) mass is 459 g/mol. The first-order chi connectivity index (χ1) is 14.9. The van der Waals surface area contributed by atoms with Crippen molar-refractivity contribution in [1.82, 2.24) is 0 Å². The molecule has 1 aromatic heterocycles. The molecule has 0 bridgehead atoms. The number of hydrogen-bond donors (Lipinski definition) is 0. The van der Waals surface area contributed by atoms with E-state index in [4.69, 9.17) is 21.1 Å². The molecule has 2 aliphatic heterocycles. The summed E-state index contributed by atoms with van der Waals surface area (Å²) in [6, 6.07) is 10.1. The number of rotatable bonds is 3. The summed E-state index contributed by atoms with van der Waals surface area (Å²) in [6.45, 7) is 4.78. The van der Waals surface area contributed by atoms with Crippen LogP contribution < -0.4 is 19.4 Å². The molecule has 1 fully saturated rings. The van der Waals surface area contributed by atoms with Crippen LogP contribution in [0.15, 0.2) is 52.4 Å². The van der Waals surface area contributed by atoms with Crippen molar-refractivity contribution in [2.75, 3.05) is 31.2 Å². The van der Waals surface area contributed by atoms with E-state index in [1.54, 1.807) is 30.5 Å². The lowest BCUT2D eigenvalue weighted by molar-refractivity contribution is -0.347. The third-order valence-electron chi connectivity index (χ3n) is 5.92. The molecule has 0 amide bonds. The van der Waals surface area contributed by atoms with Crippen LogP contribution >= 0.6 is 11.6 Å². The molecule has 0 radical (unpaired) electrons. The van der Waals surface area contributed by atoms with Crippen LogP contribution in [0.2, 0.25) is 5.02 Å². The summed E-state index contributed by atoms with van der Waals surface area (Å²) in [6.07, 6.45) is 3.75. The summed E-state index contributed by atoms with van der Waals surface area (Å²) in [4.78, 5) is 5.85. The number of nitrogens with one attached hydrogen (secondary N) is 1. The molecule has 1 N–H and O–H groups in total. The highest BCUT2D eigenvalue weighted by Crippen LogP contribution is 2.41. The molecule has 2 aromatic carbocycles. The molecule has 8 heteroatoms. The van der Waals surface area contributed by atoms with E-state index in [1.807, 2.05) is 12.1 Å². The number of ether oxygens (including phenoxy) is 2. The minimum Gasteiger partial charge on any atom is -0.486 e. The number of sulfone groups is 1. The number of piperidine rings is 1. The van der Waals surface area contributed by atoms with Crippen molar-refractivity contribution >= 4 is 38.0 Å². The maximum Gasteiger partial charge on any atom is 0.217 e. The smallest absolute Gasteiger partial charge is 0.217 e. The number of anilines is 1. The average molecular weight is 460 g/mol. The van der Waals surface area contributed by atoms with Gasteiger partial charge in [-0.15, -0.1) is 0 Å². The molecule has 162 valence electrons. The van der Waals surface area contributed by atoms with E-state index < -0.39 is 9.84 Å². The molecule has 6 nitrogen and oxygen atoms in total. The Hall–Kier alpha value is -2.51. The van der Waals surface area contributed by atoms with E-state index in [1.165, 1.54) is 0 Å². The zero-order valence-corrected chi connectivity index (χ0v) is 18.8. The molecule has 31 heavy (non-hydrogen) atoms. The van der Waals surface area contributed by atoms with Crippen LogP contribution in [-0.4, -0.2) is 34.7 Å². The summed E-state index contributed by atoms with van der Waals surface area (Å²) in [5.74, 6) is 1.79. The molecule has 0 unspecified atom stereocenters. The lowest BCUT2D eigenvalue weighted by Gasteiger charge is -2.34. The Labute approximate surface area is 186 Å². The van der Waals surface area contributed by atoms with Crippen molar-refractivity contribution in [3.8, 4) is 11.5 Å². The van der Waals surface area contributed by atoms with Gasteiger partial charge in [0.05, 0.1) is 22.0 Å². The number of aromatic nitrogens is 1. The molecule has 0 spiro atoms. The fourth-order valence-electron chi connectivity index (χ4n) is 4.41. The van der Waals surface area contributed by atoms with Crippen molar-refractivity contribution < 1.29 is 22.9 Å². The van der Waals surface area contributed by atoms with Crippen molar-refractivity contribution in [2.24, 2.45) is 5.92 Å². The summed E-state index contributed by atoms with van der Waals surface area (Å²) in [5, 5.41) is 1.31. The largest absolute Gasteiger partial charge is 0.486 e. The fourth-order valence-corrected chi connectivity index (χ4v) is 5.99. The molecule has 3 aromatic rings. The number of nitrogens with zero attached hydrogens (tertiary/aromatic N) is 1. The van der Waals surface area contributed by atoms with Crippen molar-refractivity contribution in [3.05, 3.63) is 47.6 Å². The van der Waals surface area contributed by atoms with Gasteiger partial charge in [-0.05, 0) is 43.0 Å². The van der Waals surface area contributed by atoms with Crippen LogP contribution in [0, 0.1) is 5.92 Å². The lowest BCUT2D eigenvalue weighted by Crippen LogP contribution is -2.36. The van der Waals surface area contributed by atoms with E-state index in [0.29, 0.717) is 41.3 Å². The number of fused-ring (bicyclic) bond motifs is 2. The number of pyridine rings is 1. The maximum absolute atomic E-state index is 13.7. The Morgan fingerprint density at radius 2 is 1.81 bits per heavy atom. The molecule has 0 saturated carbocycles. The summed E-state index contributed by atoms with van der Waals surface area (Å²) < 4.78 is 38.9. The molecular formula is C23H24ClN2O4S+. The third-order valence-corrected chi connectivity index (χ3v) is 7.95.